The molecule has 0 aromatic heterocycles. The van der Waals surface area contributed by atoms with Crippen molar-refractivity contribution in [2.24, 2.45) is 0 Å². The first-order chi connectivity index (χ1) is 12.6. The molecule has 0 bridgehead atoms. The summed E-state index contributed by atoms with van der Waals surface area (Å²) in [5.41, 5.74) is 4.43. The molecule has 2 rings (SSSR count). The third-order valence-corrected chi connectivity index (χ3v) is 4.15. The van der Waals surface area contributed by atoms with E-state index in [1.807, 2.05) is 57.3 Å². The Hall–Kier alpha value is -2.66. The molecule has 0 saturated carbocycles. The maximum absolute atomic E-state index is 11.8. The van der Waals surface area contributed by atoms with Crippen molar-refractivity contribution in [2.45, 2.75) is 20.3 Å². The average Bonchev–Trinajstić information content (AvgIpc) is 2.64. The Kier molecular flexibility index (Phi) is 7.36. The van der Waals surface area contributed by atoms with Gasteiger partial charge in [-0.1, -0.05) is 12.1 Å². The quantitative estimate of drug-likeness (QED) is 0.537. The number of hydrogen-bond acceptors (Lipinski definition) is 4. The van der Waals surface area contributed by atoms with E-state index >= 15 is 0 Å². The molecule has 0 atom stereocenters. The second kappa shape index (κ2) is 9.73. The highest BCUT2D eigenvalue weighted by Crippen LogP contribution is 2.24. The van der Waals surface area contributed by atoms with E-state index in [1.54, 1.807) is 0 Å². The first-order valence-electron chi connectivity index (χ1n) is 8.82. The molecule has 138 valence electrons. The summed E-state index contributed by atoms with van der Waals surface area (Å²) in [4.78, 5) is 23.2. The van der Waals surface area contributed by atoms with Gasteiger partial charge in [0.05, 0.1) is 5.56 Å². The van der Waals surface area contributed by atoms with Crippen molar-refractivity contribution < 1.29 is 14.3 Å². The molecular weight excluding hydrogens is 328 g/mol. The van der Waals surface area contributed by atoms with Crippen LogP contribution in [0, 0.1) is 6.92 Å². The van der Waals surface area contributed by atoms with Crippen LogP contribution in [0.2, 0.25) is 0 Å². The average molecular weight is 354 g/mol. The molecule has 5 nitrogen and oxygen atoms in total. The Bertz CT molecular complexity index is 755. The third kappa shape index (κ3) is 5.17. The maximum atomic E-state index is 11.8. The third-order valence-electron chi connectivity index (χ3n) is 4.15. The van der Waals surface area contributed by atoms with Crippen LogP contribution in [0.15, 0.2) is 36.4 Å². The van der Waals surface area contributed by atoms with Gasteiger partial charge in [0.2, 0.25) is 0 Å². The monoisotopic (exact) mass is 354 g/mol. The highest BCUT2D eigenvalue weighted by atomic mass is 16.5. The number of rotatable bonds is 9. The lowest BCUT2D eigenvalue weighted by molar-refractivity contribution is 0.0955. The first-order valence-corrected chi connectivity index (χ1v) is 8.82. The minimum atomic E-state index is -0.0680. The van der Waals surface area contributed by atoms with Crippen LogP contribution >= 0.6 is 0 Å². The Morgan fingerprint density at radius 3 is 2.54 bits per heavy atom. The molecule has 1 amide bonds. The van der Waals surface area contributed by atoms with Crippen LogP contribution in [-0.4, -0.2) is 38.9 Å². The summed E-state index contributed by atoms with van der Waals surface area (Å²) in [6, 6.07) is 11.3. The van der Waals surface area contributed by atoms with Crippen LogP contribution in [0.5, 0.6) is 5.75 Å². The molecule has 2 aromatic rings. The van der Waals surface area contributed by atoms with Gasteiger partial charge in [-0.15, -0.1) is 0 Å². The number of likely N-dealkylation sites (N-methyl/N-ethyl adjacent to an activating group) is 1. The normalized spacial score (nSPS) is 10.4. The molecule has 0 saturated heterocycles. The van der Waals surface area contributed by atoms with E-state index in [0.29, 0.717) is 36.4 Å². The number of hydrogen-bond donors (Lipinski definition) is 2. The number of aldehydes is 1. The lowest BCUT2D eigenvalue weighted by atomic mass is 9.97. The van der Waals surface area contributed by atoms with Gasteiger partial charge in [0.1, 0.15) is 12.4 Å². The zero-order valence-corrected chi connectivity index (χ0v) is 15.6. The molecule has 2 N–H and O–H groups in total. The van der Waals surface area contributed by atoms with Gasteiger partial charge in [0, 0.05) is 18.7 Å². The molecule has 5 heteroatoms. The lowest BCUT2D eigenvalue weighted by Crippen LogP contribution is -2.22. The van der Waals surface area contributed by atoms with Crippen molar-refractivity contribution in [2.75, 3.05) is 26.7 Å². The smallest absolute Gasteiger partial charge is 0.251 e. The Balaban J connectivity index is 2.16. The van der Waals surface area contributed by atoms with Gasteiger partial charge in [0.25, 0.3) is 5.91 Å². The van der Waals surface area contributed by atoms with E-state index in [1.165, 1.54) is 0 Å². The molecular formula is C21H26N2O3. The number of carbonyl (C=O) groups excluding carboxylic acids is 2. The van der Waals surface area contributed by atoms with Gasteiger partial charge in [-0.05, 0) is 68.3 Å². The fraction of sp³-hybridized carbons (Fsp3) is 0.333. The van der Waals surface area contributed by atoms with Gasteiger partial charge in [-0.3, -0.25) is 9.59 Å². The fourth-order valence-electron chi connectivity index (χ4n) is 2.67. The maximum Gasteiger partial charge on any atom is 0.251 e. The Morgan fingerprint density at radius 2 is 1.92 bits per heavy atom. The summed E-state index contributed by atoms with van der Waals surface area (Å²) in [7, 11) is 1.86. The number of nitrogens with one attached hydrogen (secondary N) is 2. The highest BCUT2D eigenvalue weighted by Gasteiger charge is 2.10. The van der Waals surface area contributed by atoms with Crippen molar-refractivity contribution in [3.05, 3.63) is 64.2 Å². The molecule has 0 spiro atoms. The summed E-state index contributed by atoms with van der Waals surface area (Å²) >= 11 is 0. The van der Waals surface area contributed by atoms with Crippen molar-refractivity contribution in [1.29, 1.82) is 0 Å². The van der Waals surface area contributed by atoms with Crippen molar-refractivity contribution >= 4 is 12.2 Å². The highest BCUT2D eigenvalue weighted by molar-refractivity contribution is 5.94. The standard InChI is InChI=1S/C21H26N2O3/c1-4-23-21(25)17-7-5-16(6-8-17)12-18-13-19(14-24)20(11-15(18)2)26-10-9-22-3/h5-8,11,13-14,22H,4,9-10,12H2,1-3H3,(H,23,25). The summed E-state index contributed by atoms with van der Waals surface area (Å²) < 4.78 is 5.68. The zero-order valence-electron chi connectivity index (χ0n) is 15.6. The summed E-state index contributed by atoms with van der Waals surface area (Å²) in [5.74, 6) is 0.546. The Morgan fingerprint density at radius 1 is 1.19 bits per heavy atom. The first kappa shape index (κ1) is 19.7. The minimum absolute atomic E-state index is 0.0680. The number of benzene rings is 2. The zero-order chi connectivity index (χ0) is 18.9. The van der Waals surface area contributed by atoms with Crippen molar-refractivity contribution in [3.8, 4) is 5.75 Å². The predicted molar refractivity (Wildman–Crippen MR) is 103 cm³/mol. The van der Waals surface area contributed by atoms with Crippen LogP contribution in [-0.2, 0) is 6.42 Å². The molecule has 2 aromatic carbocycles. The van der Waals surface area contributed by atoms with Crippen LogP contribution in [0.1, 0.15) is 44.3 Å². The van der Waals surface area contributed by atoms with E-state index in [4.69, 9.17) is 4.74 Å². The van der Waals surface area contributed by atoms with Crippen molar-refractivity contribution in [3.63, 3.8) is 0 Å². The Labute approximate surface area is 154 Å². The minimum Gasteiger partial charge on any atom is -0.492 e. The van der Waals surface area contributed by atoms with Crippen LogP contribution in [0.4, 0.5) is 0 Å². The van der Waals surface area contributed by atoms with E-state index in [9.17, 15) is 9.59 Å². The van der Waals surface area contributed by atoms with E-state index in [-0.39, 0.29) is 5.91 Å². The van der Waals surface area contributed by atoms with E-state index in [0.717, 1.165) is 29.5 Å². The predicted octanol–water partition coefficient (Wildman–Crippen LogP) is 2.75. The lowest BCUT2D eigenvalue weighted by Gasteiger charge is -2.13. The summed E-state index contributed by atoms with van der Waals surface area (Å²) in [6.45, 7) is 5.75. The van der Waals surface area contributed by atoms with Crippen LogP contribution in [0.3, 0.4) is 0 Å². The van der Waals surface area contributed by atoms with Crippen LogP contribution in [0.25, 0.3) is 0 Å². The number of carbonyl (C=O) groups is 2. The number of ether oxygens (including phenoxy) is 1. The van der Waals surface area contributed by atoms with Gasteiger partial charge in [-0.25, -0.2) is 0 Å². The number of amides is 1. The van der Waals surface area contributed by atoms with Gasteiger partial charge < -0.3 is 15.4 Å². The fourth-order valence-corrected chi connectivity index (χ4v) is 2.67. The van der Waals surface area contributed by atoms with E-state index < -0.39 is 0 Å². The SMILES string of the molecule is CCNC(=O)c1ccc(Cc2cc(C=O)c(OCCNC)cc2C)cc1. The molecule has 0 fully saturated rings. The van der Waals surface area contributed by atoms with Gasteiger partial charge >= 0.3 is 0 Å². The second-order valence-corrected chi connectivity index (χ2v) is 6.12. The molecule has 0 radical (unpaired) electrons. The van der Waals surface area contributed by atoms with Gasteiger partial charge in [0.15, 0.2) is 6.29 Å². The van der Waals surface area contributed by atoms with E-state index in [2.05, 4.69) is 10.6 Å². The van der Waals surface area contributed by atoms with Crippen LogP contribution < -0.4 is 15.4 Å². The second-order valence-electron chi connectivity index (χ2n) is 6.12. The molecule has 0 unspecified atom stereocenters. The number of aryl methyl sites for hydroxylation is 1. The topological polar surface area (TPSA) is 67.4 Å². The summed E-state index contributed by atoms with van der Waals surface area (Å²) in [6.07, 6.45) is 1.52. The summed E-state index contributed by atoms with van der Waals surface area (Å²) in [5, 5.41) is 5.80. The molecule has 0 aliphatic heterocycles. The molecule has 26 heavy (non-hydrogen) atoms. The molecule has 0 aliphatic rings. The van der Waals surface area contributed by atoms with Gasteiger partial charge in [-0.2, -0.15) is 0 Å². The molecule has 0 aliphatic carbocycles. The van der Waals surface area contributed by atoms with Crippen molar-refractivity contribution in [1.82, 2.24) is 10.6 Å². The molecule has 0 heterocycles. The largest absolute Gasteiger partial charge is 0.492 e.